The van der Waals surface area contributed by atoms with Gasteiger partial charge >= 0.3 is 524 Å². The van der Waals surface area contributed by atoms with Gasteiger partial charge in [0.25, 0.3) is 0 Å². The number of ketones is 2. The van der Waals surface area contributed by atoms with E-state index in [1.165, 1.54) is 48.7 Å². The number of rotatable bonds is 33. The van der Waals surface area contributed by atoms with Gasteiger partial charge in [0.2, 0.25) is 0 Å². The normalized spacial score (nSPS) is 13.1. The van der Waals surface area contributed by atoms with Crippen molar-refractivity contribution < 1.29 is 124 Å². The molecule has 11 rings (SSSR count). The SMILES string of the molecule is COc1ccc(C=O)c(I)c1.COc1ccc(C=O)cc1.COc1ccc(C=O)cc1.COc1ccc(C=O)cc1.COc1ccc(C=O)cc1.COc1ccc([Se](=O)[13CH2][13C](C)=O)cc1.COc1ccc([Se](=O)[13CH2][13C](C)=O)cc1.[1H][13C@@]([2H])(C)[Se](=O)c1ccc(OC)cc1.[1H][13C@@]([2H])(C)[Se](=O)c1ccc(OC)cc1OCCl.[1H][13C]([1H])(C)[Se](=O)c1ccc(OC)cc1.[1H][13C]([1H])(C)[Se](=O)c1ccc(OC)cc1CC. The number of aldehydes is 5. The maximum atomic E-state index is 12.0. The van der Waals surface area contributed by atoms with Crippen LogP contribution in [0.25, 0.3) is 0 Å². The summed E-state index contributed by atoms with van der Waals surface area (Å²) in [4.78, 5) is 72.6. The number of carbonyl (C=O) groups excluding carboxylic acids is 7. The second-order valence-corrected chi connectivity index (χ2v) is 44.2. The molecule has 0 radical (unpaired) electrons. The van der Waals surface area contributed by atoms with Gasteiger partial charge in [-0.25, -0.2) is 0 Å². The number of hydrogen-bond donors (Lipinski definition) is 0. The van der Waals surface area contributed by atoms with Crippen molar-refractivity contribution in [2.24, 2.45) is 0 Å². The Morgan fingerprint density at radius 3 is 0.818 bits per heavy atom. The Labute approximate surface area is 829 Å². The number of alkyl halides is 1. The summed E-state index contributed by atoms with van der Waals surface area (Å²) in [6, 6.07) is 70.4. The third-order valence-electron chi connectivity index (χ3n) is 16.4. The van der Waals surface area contributed by atoms with Crippen LogP contribution in [0.3, 0.4) is 0 Å². The van der Waals surface area contributed by atoms with Crippen molar-refractivity contribution in [2.45, 2.75) is 86.6 Å². The molecule has 25 nitrogen and oxygen atoms in total. The molecule has 0 amide bonds. The fourth-order valence-corrected chi connectivity index (χ4v) is 20.1. The fourth-order valence-electron chi connectivity index (χ4n) is 9.39. The zero-order chi connectivity index (χ0) is 106. The van der Waals surface area contributed by atoms with Crippen molar-refractivity contribution in [3.8, 4) is 69.0 Å². The van der Waals surface area contributed by atoms with Crippen molar-refractivity contribution in [3.63, 3.8) is 0 Å². The van der Waals surface area contributed by atoms with Crippen molar-refractivity contribution >= 4 is 187 Å². The number of carbonyl (C=O) groups is 7. The van der Waals surface area contributed by atoms with Gasteiger partial charge in [-0.1, -0.05) is 0 Å². The summed E-state index contributed by atoms with van der Waals surface area (Å²) in [6.45, 7) is 10.2. The fraction of sp³-hybridized carbons (Fsp3) is 0.263. The molecule has 0 spiro atoms. The van der Waals surface area contributed by atoms with Crippen LogP contribution < -0.4 is 83.6 Å². The van der Waals surface area contributed by atoms with Gasteiger partial charge in [-0.15, -0.1) is 0 Å². The number of hydrogen-bond acceptors (Lipinski definition) is 25. The van der Waals surface area contributed by atoms with Crippen LogP contribution in [-0.2, 0) is 39.0 Å². The van der Waals surface area contributed by atoms with Gasteiger partial charge in [0, 0.05) is 31.4 Å². The molecule has 11 aromatic carbocycles. The second kappa shape index (κ2) is 72.2. The summed E-state index contributed by atoms with van der Waals surface area (Å²) in [5.74, 6) is 8.21. The van der Waals surface area contributed by atoms with Gasteiger partial charge in [-0.3, -0.25) is 24.0 Å². The van der Waals surface area contributed by atoms with Gasteiger partial charge < -0.3 is 23.7 Å². The Morgan fingerprint density at radius 1 is 0.326 bits per heavy atom. The van der Waals surface area contributed by atoms with E-state index in [-0.39, 0.29) is 28.3 Å². The Balaban J connectivity index is 0.000000773. The Bertz CT molecular complexity index is 5380. The Hall–Kier alpha value is -10.4. The van der Waals surface area contributed by atoms with Crippen molar-refractivity contribution in [2.75, 3.05) is 84.3 Å². The van der Waals surface area contributed by atoms with E-state index in [2.05, 4.69) is 22.6 Å². The topological polar surface area (TPSA) is 333 Å². The molecule has 6 unspecified atom stereocenters. The molecular weight excluding hydrogens is 2230 g/mol. The van der Waals surface area contributed by atoms with Crippen LogP contribution in [0.2, 0.25) is 31.7 Å². The summed E-state index contributed by atoms with van der Waals surface area (Å²) in [6.07, 6.45) is 4.78. The molecule has 0 aliphatic rings. The molecule has 33 heteroatoms. The molecule has 712 valence electrons. The van der Waals surface area contributed by atoms with Crippen LogP contribution in [0.15, 0.2) is 249 Å². The Morgan fingerprint density at radius 2 is 0.576 bits per heavy atom. The zero-order valence-electron chi connectivity index (χ0n) is 84.3. The van der Waals surface area contributed by atoms with Crippen LogP contribution in [0, 0.1) is 3.57 Å². The molecule has 11 aromatic rings. The summed E-state index contributed by atoms with van der Waals surface area (Å²) in [7, 11) is 17.3. The third-order valence-corrected chi connectivity index (χ3v) is 32.8. The van der Waals surface area contributed by atoms with Gasteiger partial charge in [0.1, 0.15) is 53.9 Å². The average molecular weight is 2350 g/mol. The molecule has 0 aliphatic carbocycles. The van der Waals surface area contributed by atoms with Crippen molar-refractivity contribution in [1.82, 2.24) is 0 Å². The standard InChI is InChI=1S/C11H16O2Se.C10H13ClO3Se.2C10H12O3Se.2C9H12O2Se.C8H7IO2.4C8H8O2/c1-4-9-8-10(13-3)6-7-11(9)14(12)5-2;1-3-15(12)10-5-4-8(13-2)6-9(10)14-7-11;2*1-8(11)7-14(12)10-5-3-9(13-2)4-6-10;2*1-3-12(10)9-6-4-8(11-2)5-7-9;1-11-7-3-2-6(5-10)8(9)4-7;4*1-10-8-4-2-7(6-9)3-5-8/h6-8H,4-5H2,1-3H3;4-6H,3,7H2,1-2H3;2*3-6H,7H2,1-2H3;2*4-7H,3H2,1-2H3;2-5H,1H3;4*2-6H,1H3/i5+1H2;3+1DH;2*7+1,8+1;3+1DH;3+1H2;;;;;/t;3-,15?;;;3-,12?;;;;;;/m.1..1....../s1. The number of methoxy groups -OCH3 is 11. The van der Waals surface area contributed by atoms with Crippen LogP contribution in [0.1, 0.15) is 117 Å². The molecule has 132 heavy (non-hydrogen) atoms. The molecule has 0 N–H and O–H groups in total. The van der Waals surface area contributed by atoms with Crippen LogP contribution >= 0.6 is 34.2 Å². The predicted octanol–water partition coefficient (Wildman–Crippen LogP) is 16.5. The molecule has 0 saturated carbocycles. The number of aryl methyl sites for hydroxylation is 1. The van der Waals surface area contributed by atoms with E-state index < -0.39 is 104 Å². The van der Waals surface area contributed by atoms with Crippen molar-refractivity contribution in [1.29, 1.82) is 0 Å². The summed E-state index contributed by atoms with van der Waals surface area (Å²) in [5, 5.41) is -6.26. The van der Waals surface area contributed by atoms with Crippen molar-refractivity contribution in [3.05, 3.63) is 286 Å². The summed E-state index contributed by atoms with van der Waals surface area (Å²) < 4.78 is 194. The molecule has 8 atom stereocenters. The number of benzene rings is 11. The molecule has 0 fully saturated rings. The number of Topliss-reactive ketones (excluding diaryl/α,β-unsaturated/α-hetero) is 2. The van der Waals surface area contributed by atoms with Gasteiger partial charge in [0.05, 0.1) is 35.5 Å². The minimum absolute atomic E-state index is 0.0270. The van der Waals surface area contributed by atoms with Gasteiger partial charge in [-0.05, 0) is 138 Å². The van der Waals surface area contributed by atoms with E-state index in [1.807, 2.05) is 19.1 Å². The van der Waals surface area contributed by atoms with Gasteiger partial charge in [0.15, 0.2) is 6.29 Å². The van der Waals surface area contributed by atoms with E-state index in [1.54, 1.807) is 308 Å². The zero-order valence-corrected chi connectivity index (χ0v) is 89.5. The van der Waals surface area contributed by atoms with Crippen LogP contribution in [0.4, 0.5) is 0 Å². The molecule has 0 bridgehead atoms. The third kappa shape index (κ3) is 48.9. The van der Waals surface area contributed by atoms with E-state index in [4.69, 9.17) is 79.4 Å². The first-order chi connectivity index (χ1) is 66.2. The number of ether oxygens (including phenoxy) is 12. The first kappa shape index (κ1) is 105. The minimum atomic E-state index is -2.86. The quantitative estimate of drug-likeness (QED) is 0.0121. The first-order valence-electron chi connectivity index (χ1n) is 42.9. The Kier molecular flexibility index (Phi) is 57.6. The maximum absolute atomic E-state index is 12.0. The number of halogens is 2. The molecular formula is C99H116ClIO25Se6. The van der Waals surface area contributed by atoms with E-state index in [9.17, 15) is 56.6 Å². The van der Waals surface area contributed by atoms with Crippen LogP contribution in [-0.4, -0.2) is 210 Å². The van der Waals surface area contributed by atoms with E-state index >= 15 is 0 Å². The van der Waals surface area contributed by atoms with E-state index in [0.29, 0.717) is 68.7 Å². The molecule has 0 aromatic heterocycles. The van der Waals surface area contributed by atoms with Crippen LogP contribution in [0.5, 0.6) is 69.0 Å². The molecule has 0 saturated heterocycles. The summed E-state index contributed by atoms with van der Waals surface area (Å²) in [5.41, 5.74) is 4.28. The first-order valence-corrected chi connectivity index (χ1v) is 55.7. The van der Waals surface area contributed by atoms with Gasteiger partial charge in [-0.2, -0.15) is 0 Å². The average Bonchev–Trinajstić information content (AvgIpc) is 0.819. The summed E-state index contributed by atoms with van der Waals surface area (Å²) >= 11 is -7.51. The van der Waals surface area contributed by atoms with E-state index in [0.717, 1.165) is 102 Å². The predicted molar refractivity (Wildman–Crippen MR) is 533 cm³/mol. The monoisotopic (exact) mass is 2360 g/mol. The second-order valence-electron chi connectivity index (χ2n) is 24.9. The molecule has 0 aliphatic heterocycles. The molecule has 0 heterocycles.